The Bertz CT molecular complexity index is 1210. The van der Waals surface area contributed by atoms with Crippen molar-refractivity contribution in [1.29, 1.82) is 0 Å². The Labute approximate surface area is 195 Å². The van der Waals surface area contributed by atoms with E-state index in [0.29, 0.717) is 24.2 Å². The van der Waals surface area contributed by atoms with E-state index in [4.69, 9.17) is 0 Å². The predicted molar refractivity (Wildman–Crippen MR) is 113 cm³/mol. The van der Waals surface area contributed by atoms with Crippen LogP contribution in [0.1, 0.15) is 23.4 Å². The van der Waals surface area contributed by atoms with Gasteiger partial charge in [0.1, 0.15) is 0 Å². The molecule has 0 amide bonds. The van der Waals surface area contributed by atoms with Crippen molar-refractivity contribution in [3.05, 3.63) is 64.9 Å². The van der Waals surface area contributed by atoms with Crippen LogP contribution in [0.5, 0.6) is 0 Å². The fourth-order valence-electron chi connectivity index (χ4n) is 3.63. The van der Waals surface area contributed by atoms with Crippen LogP contribution in [0, 0.1) is 0 Å². The monoisotopic (exact) mass is 498 g/mol. The summed E-state index contributed by atoms with van der Waals surface area (Å²) in [4.78, 5) is 5.45. The van der Waals surface area contributed by atoms with Crippen LogP contribution in [0.4, 0.5) is 49.4 Å². The van der Waals surface area contributed by atoms with Gasteiger partial charge in [-0.2, -0.15) is 13.2 Å². The minimum absolute atomic E-state index is 0.119. The van der Waals surface area contributed by atoms with Gasteiger partial charge in [0.25, 0.3) is 5.95 Å². The van der Waals surface area contributed by atoms with Crippen LogP contribution in [-0.4, -0.2) is 34.7 Å². The van der Waals surface area contributed by atoms with Gasteiger partial charge in [0, 0.05) is 19.3 Å². The van der Waals surface area contributed by atoms with E-state index in [2.05, 4.69) is 30.7 Å². The second kappa shape index (κ2) is 9.52. The van der Waals surface area contributed by atoms with E-state index in [1.807, 2.05) is 4.90 Å². The van der Waals surface area contributed by atoms with Crippen LogP contribution < -0.4 is 4.90 Å². The van der Waals surface area contributed by atoms with Crippen LogP contribution in [0.3, 0.4) is 0 Å². The Hall–Kier alpha value is -3.68. The number of anilines is 1. The number of rotatable bonds is 6. The summed E-state index contributed by atoms with van der Waals surface area (Å²) >= 11 is 0. The summed E-state index contributed by atoms with van der Waals surface area (Å²) in [5.74, 6) is -1.76. The Kier molecular flexibility index (Phi) is 6.65. The van der Waals surface area contributed by atoms with E-state index in [1.165, 1.54) is 12.1 Å². The van der Waals surface area contributed by atoms with Crippen molar-refractivity contribution >= 4 is 23.0 Å². The summed E-state index contributed by atoms with van der Waals surface area (Å²) in [5.41, 5.74) is 4.68. The molecule has 14 heteroatoms. The van der Waals surface area contributed by atoms with Gasteiger partial charge < -0.3 is 15.2 Å². The van der Waals surface area contributed by atoms with Crippen molar-refractivity contribution in [1.82, 2.24) is 14.8 Å². The third kappa shape index (κ3) is 5.88. The summed E-state index contributed by atoms with van der Waals surface area (Å²) in [6.45, 7) is 0.441. The van der Waals surface area contributed by atoms with Crippen LogP contribution in [0.2, 0.25) is 0 Å². The predicted octanol–water partition coefficient (Wildman–Crippen LogP) is 6.60. The van der Waals surface area contributed by atoms with E-state index < -0.39 is 24.3 Å². The van der Waals surface area contributed by atoms with Crippen LogP contribution in [0.25, 0.3) is 5.48 Å². The molecule has 186 valence electrons. The number of halogens is 6. The van der Waals surface area contributed by atoms with Crippen molar-refractivity contribution < 1.29 is 31.2 Å². The van der Waals surface area contributed by atoms with Gasteiger partial charge in [0.15, 0.2) is 0 Å². The molecule has 1 aliphatic rings. The van der Waals surface area contributed by atoms with E-state index in [-0.39, 0.29) is 17.9 Å². The molecule has 0 atom stereocenters. The van der Waals surface area contributed by atoms with Gasteiger partial charge in [-0.3, -0.25) is 4.57 Å². The van der Waals surface area contributed by atoms with Gasteiger partial charge >= 0.3 is 12.5 Å². The van der Waals surface area contributed by atoms with Crippen LogP contribution in [0.15, 0.2) is 52.7 Å². The van der Waals surface area contributed by atoms with Crippen molar-refractivity contribution in [2.45, 2.75) is 31.9 Å². The van der Waals surface area contributed by atoms with Crippen LogP contribution in [-0.2, 0) is 24.0 Å². The fourth-order valence-corrected chi connectivity index (χ4v) is 3.63. The lowest BCUT2D eigenvalue weighted by atomic mass is 10.0. The second-order valence-corrected chi connectivity index (χ2v) is 7.72. The smallest absolute Gasteiger partial charge is 0.509 e. The molecule has 1 aliphatic heterocycles. The molecule has 1 aromatic heterocycles. The number of alkyl halides is 6. The maximum absolute atomic E-state index is 13.5. The molecule has 0 radical (unpaired) electrons. The molecule has 0 bridgehead atoms. The first-order chi connectivity index (χ1) is 16.5. The number of aryl methyl sites for hydroxylation is 1. The Balaban J connectivity index is 1.72. The molecule has 3 aromatic rings. The van der Waals surface area contributed by atoms with Crippen molar-refractivity contribution in [3.63, 3.8) is 0 Å². The molecule has 0 saturated heterocycles. The van der Waals surface area contributed by atoms with E-state index in [1.54, 1.807) is 37.4 Å². The first kappa shape index (κ1) is 24.4. The average molecular weight is 498 g/mol. The Morgan fingerprint density at radius 1 is 1.03 bits per heavy atom. The summed E-state index contributed by atoms with van der Waals surface area (Å²) in [7, 11) is 1.78. The quantitative estimate of drug-likeness (QED) is 0.218. The molecule has 0 aliphatic carbocycles. The molecule has 2 heterocycles. The molecular weight excluding hydrogens is 480 g/mol. The highest BCUT2D eigenvalue weighted by Crippen LogP contribution is 2.42. The second-order valence-electron chi connectivity index (χ2n) is 7.72. The number of aromatic nitrogens is 3. The summed E-state index contributed by atoms with van der Waals surface area (Å²) in [6, 6.07) is 11.1. The lowest BCUT2D eigenvalue weighted by Crippen LogP contribution is -2.24. The number of benzene rings is 2. The Morgan fingerprint density at radius 2 is 1.77 bits per heavy atom. The highest BCUT2D eigenvalue weighted by atomic mass is 19.4. The first-order valence-electron chi connectivity index (χ1n) is 10.3. The van der Waals surface area contributed by atoms with Crippen molar-refractivity contribution in [2.75, 3.05) is 18.5 Å². The van der Waals surface area contributed by atoms with E-state index in [0.717, 1.165) is 16.6 Å². The number of nitrogens with zero attached hydrogens (tertiary/aromatic N) is 7. The zero-order valence-corrected chi connectivity index (χ0v) is 18.2. The maximum atomic E-state index is 13.5. The normalized spacial score (nSPS) is 14.4. The van der Waals surface area contributed by atoms with Gasteiger partial charge in [0.05, 0.1) is 12.2 Å². The number of hydrogen-bond donors (Lipinski definition) is 0. The van der Waals surface area contributed by atoms with E-state index in [9.17, 15) is 26.3 Å². The average Bonchev–Trinajstić information content (AvgIpc) is 3.19. The number of hydrogen-bond acceptors (Lipinski definition) is 6. The molecule has 2 aromatic carbocycles. The lowest BCUT2D eigenvalue weighted by molar-refractivity contribution is -0.303. The van der Waals surface area contributed by atoms with Gasteiger partial charge in [0.2, 0.25) is 5.82 Å². The van der Waals surface area contributed by atoms with Gasteiger partial charge in [-0.05, 0) is 36.1 Å². The van der Waals surface area contributed by atoms with Gasteiger partial charge in [-0.25, -0.2) is 0 Å². The first-order valence-corrected chi connectivity index (χ1v) is 10.3. The van der Waals surface area contributed by atoms with Crippen molar-refractivity contribution in [3.8, 4) is 0 Å². The standard InChI is InChI=1S/C21H18F6N7O/c1-33-9-5-8-14-10-15(16(11-17(14)33)32-35-21(25,26)27)28-30-19-31-29-18(20(22,23)24)34(19)12-13-6-3-2-4-7-13/h2-4,6-7,10-11H,5,8-9,12H2,1H3/q-1. The molecule has 4 rings (SSSR count). The largest absolute Gasteiger partial charge is 0.553 e. The number of fused-ring (bicyclic) bond motifs is 1. The molecule has 0 unspecified atom stereocenters. The highest BCUT2D eigenvalue weighted by Gasteiger charge is 2.38. The van der Waals surface area contributed by atoms with E-state index >= 15 is 0 Å². The van der Waals surface area contributed by atoms with Crippen molar-refractivity contribution in [2.24, 2.45) is 10.2 Å². The van der Waals surface area contributed by atoms with Gasteiger partial charge in [-0.15, -0.1) is 33.6 Å². The third-order valence-corrected chi connectivity index (χ3v) is 5.19. The zero-order chi connectivity index (χ0) is 25.2. The zero-order valence-electron chi connectivity index (χ0n) is 18.2. The summed E-state index contributed by atoms with van der Waals surface area (Å²) in [6.07, 6.45) is -8.42. The SMILES string of the molecule is CN1CCCc2cc(N=Nc3nnc(C(F)(F)F)n3Cc3ccccc3)c([N-]OC(F)(F)F)cc21. The molecule has 0 N–H and O–H groups in total. The molecule has 0 saturated carbocycles. The molecule has 0 spiro atoms. The lowest BCUT2D eigenvalue weighted by Gasteiger charge is -2.32. The summed E-state index contributed by atoms with van der Waals surface area (Å²) in [5, 5.41) is 14.4. The molecule has 35 heavy (non-hydrogen) atoms. The molecule has 8 nitrogen and oxygen atoms in total. The minimum atomic E-state index is -5.03. The fraction of sp³-hybridized carbons (Fsp3) is 0.333. The maximum Gasteiger partial charge on any atom is 0.509 e. The van der Waals surface area contributed by atoms with Gasteiger partial charge in [-0.1, -0.05) is 36.0 Å². The summed E-state index contributed by atoms with van der Waals surface area (Å²) < 4.78 is 79.0. The minimum Gasteiger partial charge on any atom is -0.553 e. The topological polar surface area (TPSA) is 82.0 Å². The molecule has 0 fully saturated rings. The highest BCUT2D eigenvalue weighted by molar-refractivity contribution is 5.76. The Morgan fingerprint density at radius 3 is 2.46 bits per heavy atom. The number of azo groups is 1. The third-order valence-electron chi connectivity index (χ3n) is 5.19. The molecular formula is C21H18F6N7O-. The van der Waals surface area contributed by atoms with Crippen LogP contribution >= 0.6 is 0 Å².